The van der Waals surface area contributed by atoms with Gasteiger partial charge < -0.3 is 15.0 Å². The number of ether oxygens (including phenoxy) is 1. The van der Waals surface area contributed by atoms with Crippen molar-refractivity contribution in [1.82, 2.24) is 15.1 Å². The van der Waals surface area contributed by atoms with Gasteiger partial charge in [-0.3, -0.25) is 9.89 Å². The maximum Gasteiger partial charge on any atom is 0.193 e. The molecule has 28 heavy (non-hydrogen) atoms. The number of aryl methyl sites for hydroxylation is 1. The van der Waals surface area contributed by atoms with Crippen molar-refractivity contribution in [3.05, 3.63) is 57.8 Å². The fraction of sp³-hybridized carbons (Fsp3) is 0.500. The van der Waals surface area contributed by atoms with E-state index in [4.69, 9.17) is 4.74 Å². The standard InChI is InChI=1S/C22H32N4OS/c1-18-6-8-19(9-7-18)21(26-12-14-27-15-13-26)17-24-22(23-2)25(3)11-10-20-5-4-16-28-20/h4-9,16,21H,10-15,17H2,1-3H3,(H,23,24). The summed E-state index contributed by atoms with van der Waals surface area (Å²) in [7, 11) is 3.97. The summed E-state index contributed by atoms with van der Waals surface area (Å²) < 4.78 is 5.56. The molecule has 1 atom stereocenters. The predicted octanol–water partition coefficient (Wildman–Crippen LogP) is 3.18. The van der Waals surface area contributed by atoms with Crippen molar-refractivity contribution in [3.8, 4) is 0 Å². The zero-order valence-electron chi connectivity index (χ0n) is 17.2. The molecule has 1 unspecified atom stereocenters. The lowest BCUT2D eigenvalue weighted by atomic mass is 10.0. The van der Waals surface area contributed by atoms with Crippen molar-refractivity contribution in [2.75, 3.05) is 53.5 Å². The summed E-state index contributed by atoms with van der Waals surface area (Å²) >= 11 is 1.81. The zero-order chi connectivity index (χ0) is 19.8. The van der Waals surface area contributed by atoms with Crippen LogP contribution in [0.2, 0.25) is 0 Å². The Hall–Kier alpha value is -1.89. The molecular weight excluding hydrogens is 368 g/mol. The Morgan fingerprint density at radius 2 is 2.00 bits per heavy atom. The van der Waals surface area contributed by atoms with E-state index in [1.165, 1.54) is 16.0 Å². The van der Waals surface area contributed by atoms with E-state index in [-0.39, 0.29) is 0 Å². The summed E-state index contributed by atoms with van der Waals surface area (Å²) in [6.07, 6.45) is 1.04. The molecule has 1 aliphatic rings. The third-order valence-electron chi connectivity index (χ3n) is 5.25. The molecule has 1 aromatic heterocycles. The van der Waals surface area contributed by atoms with Crippen molar-refractivity contribution < 1.29 is 4.74 Å². The summed E-state index contributed by atoms with van der Waals surface area (Å²) in [4.78, 5) is 10.6. The number of hydrogen-bond acceptors (Lipinski definition) is 4. The lowest BCUT2D eigenvalue weighted by Gasteiger charge is -2.35. The highest BCUT2D eigenvalue weighted by Gasteiger charge is 2.23. The van der Waals surface area contributed by atoms with Gasteiger partial charge in [-0.05, 0) is 30.4 Å². The number of aliphatic imine (C=N–C) groups is 1. The molecule has 1 N–H and O–H groups in total. The highest BCUT2D eigenvalue weighted by molar-refractivity contribution is 7.09. The minimum atomic E-state index is 0.312. The van der Waals surface area contributed by atoms with Crippen LogP contribution in [-0.2, 0) is 11.2 Å². The Morgan fingerprint density at radius 3 is 2.64 bits per heavy atom. The fourth-order valence-corrected chi connectivity index (χ4v) is 4.25. The van der Waals surface area contributed by atoms with Crippen molar-refractivity contribution in [2.45, 2.75) is 19.4 Å². The number of morpholine rings is 1. The Morgan fingerprint density at radius 1 is 1.25 bits per heavy atom. The van der Waals surface area contributed by atoms with E-state index in [0.717, 1.165) is 51.8 Å². The molecule has 0 radical (unpaired) electrons. The summed E-state index contributed by atoms with van der Waals surface area (Å²) in [5.41, 5.74) is 2.64. The Labute approximate surface area is 173 Å². The summed E-state index contributed by atoms with van der Waals surface area (Å²) in [5, 5.41) is 5.74. The smallest absolute Gasteiger partial charge is 0.193 e. The molecule has 0 amide bonds. The molecule has 3 rings (SSSR count). The van der Waals surface area contributed by atoms with E-state index in [0.29, 0.717) is 6.04 Å². The minimum Gasteiger partial charge on any atom is -0.379 e. The number of hydrogen-bond donors (Lipinski definition) is 1. The Bertz CT molecular complexity index is 724. The summed E-state index contributed by atoms with van der Waals surface area (Å²) in [5.74, 6) is 0.946. The van der Waals surface area contributed by atoms with Gasteiger partial charge in [0.15, 0.2) is 5.96 Å². The maximum atomic E-state index is 5.56. The molecule has 2 aromatic rings. The van der Waals surface area contributed by atoms with Crippen molar-refractivity contribution >= 4 is 17.3 Å². The third kappa shape index (κ3) is 5.80. The van der Waals surface area contributed by atoms with Gasteiger partial charge in [-0.1, -0.05) is 35.9 Å². The molecule has 1 saturated heterocycles. The zero-order valence-corrected chi connectivity index (χ0v) is 18.0. The van der Waals surface area contributed by atoms with E-state index in [9.17, 15) is 0 Å². The van der Waals surface area contributed by atoms with Crippen LogP contribution in [0, 0.1) is 6.92 Å². The third-order valence-corrected chi connectivity index (χ3v) is 6.19. The van der Waals surface area contributed by atoms with Gasteiger partial charge in [0.05, 0.1) is 19.3 Å². The average molecular weight is 401 g/mol. The topological polar surface area (TPSA) is 40.1 Å². The quantitative estimate of drug-likeness (QED) is 0.572. The lowest BCUT2D eigenvalue weighted by molar-refractivity contribution is 0.0169. The second-order valence-corrected chi connectivity index (χ2v) is 8.29. The molecule has 2 heterocycles. The molecule has 0 saturated carbocycles. The minimum absolute atomic E-state index is 0.312. The predicted molar refractivity (Wildman–Crippen MR) is 118 cm³/mol. The molecule has 6 heteroatoms. The van der Waals surface area contributed by atoms with Crippen LogP contribution >= 0.6 is 11.3 Å². The second-order valence-electron chi connectivity index (χ2n) is 7.25. The molecular formula is C22H32N4OS. The number of thiophene rings is 1. The molecule has 1 aliphatic heterocycles. The van der Waals surface area contributed by atoms with Gasteiger partial charge in [-0.2, -0.15) is 0 Å². The van der Waals surface area contributed by atoms with Crippen molar-refractivity contribution in [2.24, 2.45) is 4.99 Å². The number of nitrogens with zero attached hydrogens (tertiary/aromatic N) is 3. The van der Waals surface area contributed by atoms with Gasteiger partial charge in [0.2, 0.25) is 0 Å². The first-order chi connectivity index (χ1) is 13.7. The number of guanidine groups is 1. The van der Waals surface area contributed by atoms with Gasteiger partial charge >= 0.3 is 0 Å². The van der Waals surface area contributed by atoms with Crippen LogP contribution in [0.25, 0.3) is 0 Å². The SMILES string of the molecule is CN=C(NCC(c1ccc(C)cc1)N1CCOCC1)N(C)CCc1cccs1. The molecule has 5 nitrogen and oxygen atoms in total. The fourth-order valence-electron chi connectivity index (χ4n) is 3.55. The van der Waals surface area contributed by atoms with Crippen LogP contribution in [0.3, 0.4) is 0 Å². The van der Waals surface area contributed by atoms with Gasteiger partial charge in [-0.25, -0.2) is 0 Å². The van der Waals surface area contributed by atoms with E-state index >= 15 is 0 Å². The molecule has 0 aliphatic carbocycles. The molecule has 1 aromatic carbocycles. The van der Waals surface area contributed by atoms with Crippen molar-refractivity contribution in [3.63, 3.8) is 0 Å². The van der Waals surface area contributed by atoms with E-state index < -0.39 is 0 Å². The van der Waals surface area contributed by atoms with Gasteiger partial charge in [-0.15, -0.1) is 11.3 Å². The first kappa shape index (κ1) is 20.8. The van der Waals surface area contributed by atoms with Gasteiger partial charge in [0.25, 0.3) is 0 Å². The van der Waals surface area contributed by atoms with Crippen LogP contribution < -0.4 is 5.32 Å². The normalized spacial score (nSPS) is 16.8. The van der Waals surface area contributed by atoms with E-state index in [1.54, 1.807) is 0 Å². The monoisotopic (exact) mass is 400 g/mol. The first-order valence-corrected chi connectivity index (χ1v) is 10.9. The van der Waals surface area contributed by atoms with Crippen LogP contribution in [-0.4, -0.2) is 69.2 Å². The van der Waals surface area contributed by atoms with Gasteiger partial charge in [0, 0.05) is 45.2 Å². The van der Waals surface area contributed by atoms with Crippen LogP contribution in [0.15, 0.2) is 46.8 Å². The van der Waals surface area contributed by atoms with E-state index in [2.05, 4.69) is 75.9 Å². The van der Waals surface area contributed by atoms with E-state index in [1.807, 2.05) is 18.4 Å². The second kappa shape index (κ2) is 10.6. The number of benzene rings is 1. The van der Waals surface area contributed by atoms with Crippen LogP contribution in [0.1, 0.15) is 22.0 Å². The largest absolute Gasteiger partial charge is 0.379 e. The van der Waals surface area contributed by atoms with Gasteiger partial charge in [0.1, 0.15) is 0 Å². The number of rotatable bonds is 7. The Kier molecular flexibility index (Phi) is 7.89. The summed E-state index contributed by atoms with van der Waals surface area (Å²) in [6, 6.07) is 13.5. The number of likely N-dealkylation sites (N-methyl/N-ethyl adjacent to an activating group) is 1. The molecule has 0 spiro atoms. The van der Waals surface area contributed by atoms with Crippen molar-refractivity contribution in [1.29, 1.82) is 0 Å². The average Bonchev–Trinajstić information content (AvgIpc) is 3.25. The highest BCUT2D eigenvalue weighted by Crippen LogP contribution is 2.22. The van der Waals surface area contributed by atoms with Crippen LogP contribution in [0.5, 0.6) is 0 Å². The lowest BCUT2D eigenvalue weighted by Crippen LogP contribution is -2.47. The molecule has 0 bridgehead atoms. The Balaban J connectivity index is 1.62. The maximum absolute atomic E-state index is 5.56. The molecule has 152 valence electrons. The summed E-state index contributed by atoms with van der Waals surface area (Å²) in [6.45, 7) is 7.46. The highest BCUT2D eigenvalue weighted by atomic mass is 32.1. The first-order valence-electron chi connectivity index (χ1n) is 10.00. The molecule has 1 fully saturated rings. The number of nitrogens with one attached hydrogen (secondary N) is 1. The van der Waals surface area contributed by atoms with Crippen LogP contribution in [0.4, 0.5) is 0 Å².